The fourth-order valence-corrected chi connectivity index (χ4v) is 3.27. The van der Waals surface area contributed by atoms with Crippen molar-refractivity contribution in [2.45, 2.75) is 25.3 Å². The minimum atomic E-state index is -0.996. The van der Waals surface area contributed by atoms with Gasteiger partial charge in [0.2, 0.25) is 11.7 Å². The normalized spacial score (nSPS) is 18.1. The van der Waals surface area contributed by atoms with Gasteiger partial charge >= 0.3 is 5.97 Å². The number of likely N-dealkylation sites (tertiary alicyclic amines) is 1. The summed E-state index contributed by atoms with van der Waals surface area (Å²) in [6.07, 6.45) is 6.91. The molecule has 0 bridgehead atoms. The molecule has 4 heterocycles. The fraction of sp³-hybridized carbons (Fsp3) is 0.353. The minimum Gasteiger partial charge on any atom is -0.477 e. The molecule has 1 atom stereocenters. The summed E-state index contributed by atoms with van der Waals surface area (Å²) >= 11 is 0. The van der Waals surface area contributed by atoms with Crippen molar-refractivity contribution in [3.8, 4) is 11.4 Å². The van der Waals surface area contributed by atoms with E-state index in [1.807, 2.05) is 12.1 Å². The first-order valence-electron chi connectivity index (χ1n) is 8.42. The van der Waals surface area contributed by atoms with Crippen LogP contribution in [0.25, 0.3) is 11.4 Å². The van der Waals surface area contributed by atoms with Crippen LogP contribution >= 0.6 is 0 Å². The second-order valence-electron chi connectivity index (χ2n) is 6.35. The SMILES string of the molecule is O=C(O)c1[nH]ncc1CN1CCC[C@H](c2nc(-c3cccnc3)no2)C1. The molecule has 9 heteroatoms. The van der Waals surface area contributed by atoms with Gasteiger partial charge in [0.25, 0.3) is 0 Å². The second-order valence-corrected chi connectivity index (χ2v) is 6.35. The number of piperidine rings is 1. The van der Waals surface area contributed by atoms with E-state index in [1.165, 1.54) is 0 Å². The van der Waals surface area contributed by atoms with Crippen LogP contribution in [0.4, 0.5) is 0 Å². The molecule has 9 nitrogen and oxygen atoms in total. The number of nitrogens with one attached hydrogen (secondary N) is 1. The molecule has 3 aromatic rings. The molecule has 3 aromatic heterocycles. The van der Waals surface area contributed by atoms with Gasteiger partial charge in [-0.15, -0.1) is 0 Å². The summed E-state index contributed by atoms with van der Waals surface area (Å²) in [6, 6.07) is 3.72. The number of aromatic amines is 1. The van der Waals surface area contributed by atoms with Gasteiger partial charge in [-0.25, -0.2) is 4.79 Å². The predicted molar refractivity (Wildman–Crippen MR) is 90.3 cm³/mol. The number of carbonyl (C=O) groups is 1. The highest BCUT2D eigenvalue weighted by atomic mass is 16.5. The van der Waals surface area contributed by atoms with E-state index in [4.69, 9.17) is 4.52 Å². The smallest absolute Gasteiger partial charge is 0.354 e. The molecule has 2 N–H and O–H groups in total. The highest BCUT2D eigenvalue weighted by Gasteiger charge is 2.27. The lowest BCUT2D eigenvalue weighted by Gasteiger charge is -2.30. The molecular formula is C17H18N6O3. The van der Waals surface area contributed by atoms with E-state index in [-0.39, 0.29) is 11.6 Å². The first-order chi connectivity index (χ1) is 12.7. The van der Waals surface area contributed by atoms with Crippen molar-refractivity contribution < 1.29 is 14.4 Å². The highest BCUT2D eigenvalue weighted by Crippen LogP contribution is 2.28. The van der Waals surface area contributed by atoms with E-state index in [0.29, 0.717) is 23.8 Å². The molecule has 1 aliphatic rings. The lowest BCUT2D eigenvalue weighted by atomic mass is 9.97. The highest BCUT2D eigenvalue weighted by molar-refractivity contribution is 5.86. The molecule has 0 aliphatic carbocycles. The van der Waals surface area contributed by atoms with E-state index in [9.17, 15) is 9.90 Å². The first kappa shape index (κ1) is 16.4. The lowest BCUT2D eigenvalue weighted by Crippen LogP contribution is -2.34. The fourth-order valence-electron chi connectivity index (χ4n) is 3.27. The van der Waals surface area contributed by atoms with Crippen molar-refractivity contribution in [3.63, 3.8) is 0 Å². The molecule has 0 unspecified atom stereocenters. The Morgan fingerprint density at radius 3 is 3.15 bits per heavy atom. The van der Waals surface area contributed by atoms with Crippen LogP contribution in [0.2, 0.25) is 0 Å². The van der Waals surface area contributed by atoms with Crippen LogP contribution in [0, 0.1) is 0 Å². The number of carboxylic acid groups (broad SMARTS) is 1. The Labute approximate surface area is 149 Å². The van der Waals surface area contributed by atoms with Gasteiger partial charge in [-0.05, 0) is 31.5 Å². The van der Waals surface area contributed by atoms with Crippen molar-refractivity contribution >= 4 is 5.97 Å². The van der Waals surface area contributed by atoms with Gasteiger partial charge in [0.05, 0.1) is 12.1 Å². The van der Waals surface area contributed by atoms with E-state index in [2.05, 4.69) is 30.2 Å². The largest absolute Gasteiger partial charge is 0.477 e. The van der Waals surface area contributed by atoms with Gasteiger partial charge in [-0.3, -0.25) is 15.0 Å². The van der Waals surface area contributed by atoms with Gasteiger partial charge < -0.3 is 9.63 Å². The van der Waals surface area contributed by atoms with Crippen LogP contribution in [-0.4, -0.2) is 54.4 Å². The zero-order valence-electron chi connectivity index (χ0n) is 14.0. The average molecular weight is 354 g/mol. The molecule has 0 aromatic carbocycles. The minimum absolute atomic E-state index is 0.127. The van der Waals surface area contributed by atoms with Crippen LogP contribution < -0.4 is 0 Å². The van der Waals surface area contributed by atoms with Crippen molar-refractivity contribution in [1.82, 2.24) is 30.2 Å². The van der Waals surface area contributed by atoms with E-state index in [0.717, 1.165) is 31.5 Å². The Bertz CT molecular complexity index is 891. The Kier molecular flexibility index (Phi) is 4.44. The van der Waals surface area contributed by atoms with Gasteiger partial charge in [-0.2, -0.15) is 10.1 Å². The Morgan fingerprint density at radius 1 is 1.42 bits per heavy atom. The van der Waals surface area contributed by atoms with Crippen molar-refractivity contribution in [3.05, 3.63) is 47.9 Å². The van der Waals surface area contributed by atoms with Crippen LogP contribution in [0.5, 0.6) is 0 Å². The van der Waals surface area contributed by atoms with Crippen LogP contribution in [-0.2, 0) is 6.54 Å². The Hall–Kier alpha value is -3.07. The quantitative estimate of drug-likeness (QED) is 0.713. The summed E-state index contributed by atoms with van der Waals surface area (Å²) in [5.74, 6) is 0.276. The van der Waals surface area contributed by atoms with E-state index >= 15 is 0 Å². The number of rotatable bonds is 5. The van der Waals surface area contributed by atoms with Gasteiger partial charge in [0, 0.05) is 36.6 Å². The third-order valence-corrected chi connectivity index (χ3v) is 4.54. The summed E-state index contributed by atoms with van der Waals surface area (Å²) < 4.78 is 5.48. The topological polar surface area (TPSA) is 121 Å². The Morgan fingerprint density at radius 2 is 2.35 bits per heavy atom. The summed E-state index contributed by atoms with van der Waals surface area (Å²) in [6.45, 7) is 2.15. The molecule has 0 radical (unpaired) electrons. The van der Waals surface area contributed by atoms with Crippen LogP contribution in [0.3, 0.4) is 0 Å². The number of carboxylic acids is 1. The molecule has 0 amide bonds. The van der Waals surface area contributed by atoms with E-state index in [1.54, 1.807) is 18.6 Å². The summed E-state index contributed by atoms with van der Waals surface area (Å²) in [7, 11) is 0. The molecular weight excluding hydrogens is 336 g/mol. The standard InChI is InChI=1S/C17H18N6O3/c24-17(25)14-13(8-19-21-14)10-23-6-2-4-12(9-23)16-20-15(22-26-16)11-3-1-5-18-7-11/h1,3,5,7-8,12H,2,4,6,9-10H2,(H,19,21)(H,24,25)/t12-/m0/s1. The van der Waals surface area contributed by atoms with Crippen LogP contribution in [0.1, 0.15) is 40.7 Å². The lowest BCUT2D eigenvalue weighted by molar-refractivity contribution is 0.0687. The third kappa shape index (κ3) is 3.33. The van der Waals surface area contributed by atoms with Crippen LogP contribution in [0.15, 0.2) is 35.2 Å². The molecule has 0 saturated carbocycles. The summed E-state index contributed by atoms with van der Waals surface area (Å²) in [5, 5.41) is 19.6. The Balaban J connectivity index is 1.46. The maximum absolute atomic E-state index is 11.2. The van der Waals surface area contributed by atoms with Gasteiger partial charge in [0.1, 0.15) is 5.69 Å². The average Bonchev–Trinajstić information content (AvgIpc) is 3.32. The number of pyridine rings is 1. The predicted octanol–water partition coefficient (Wildman–Crippen LogP) is 1.93. The van der Waals surface area contributed by atoms with Crippen molar-refractivity contribution in [2.24, 2.45) is 0 Å². The summed E-state index contributed by atoms with van der Waals surface area (Å²) in [5.41, 5.74) is 1.64. The van der Waals surface area contributed by atoms with Crippen molar-refractivity contribution in [2.75, 3.05) is 13.1 Å². The number of aromatic nitrogens is 5. The van der Waals surface area contributed by atoms with E-state index < -0.39 is 5.97 Å². The van der Waals surface area contributed by atoms with Gasteiger partial charge in [-0.1, -0.05) is 5.16 Å². The number of nitrogens with zero attached hydrogens (tertiary/aromatic N) is 5. The number of aromatic carboxylic acids is 1. The molecule has 1 fully saturated rings. The van der Waals surface area contributed by atoms with Crippen molar-refractivity contribution in [1.29, 1.82) is 0 Å². The number of hydrogen-bond donors (Lipinski definition) is 2. The number of hydrogen-bond acceptors (Lipinski definition) is 7. The molecule has 1 saturated heterocycles. The summed E-state index contributed by atoms with van der Waals surface area (Å²) in [4.78, 5) is 22.0. The third-order valence-electron chi connectivity index (χ3n) is 4.54. The molecule has 4 rings (SSSR count). The molecule has 134 valence electrons. The number of H-pyrrole nitrogens is 1. The maximum atomic E-state index is 11.2. The van der Waals surface area contributed by atoms with Gasteiger partial charge in [0.15, 0.2) is 0 Å². The maximum Gasteiger partial charge on any atom is 0.354 e. The zero-order valence-corrected chi connectivity index (χ0v) is 14.0. The molecule has 0 spiro atoms. The monoisotopic (exact) mass is 354 g/mol. The second kappa shape index (κ2) is 7.04. The first-order valence-corrected chi connectivity index (χ1v) is 8.42. The zero-order chi connectivity index (χ0) is 17.9. The molecule has 1 aliphatic heterocycles. The molecule has 26 heavy (non-hydrogen) atoms.